The largest absolute Gasteiger partial charge is 0.371 e. The minimum absolute atomic E-state index is 0. The quantitative estimate of drug-likeness (QED) is 0.896. The molecule has 2 aromatic heterocycles. The zero-order valence-corrected chi connectivity index (χ0v) is 15.5. The first-order valence-corrected chi connectivity index (χ1v) is 9.11. The van der Waals surface area contributed by atoms with Crippen molar-refractivity contribution in [3.8, 4) is 0 Å². The van der Waals surface area contributed by atoms with Gasteiger partial charge < -0.3 is 14.6 Å². The number of hydrogen-bond donors (Lipinski definition) is 1. The van der Waals surface area contributed by atoms with Crippen molar-refractivity contribution < 1.29 is 4.74 Å². The summed E-state index contributed by atoms with van der Waals surface area (Å²) in [5.41, 5.74) is 0. The van der Waals surface area contributed by atoms with Gasteiger partial charge in [-0.15, -0.1) is 23.7 Å². The predicted molar refractivity (Wildman–Crippen MR) is 96.5 cm³/mol. The van der Waals surface area contributed by atoms with Crippen LogP contribution in [0, 0.1) is 0 Å². The molecule has 2 atom stereocenters. The van der Waals surface area contributed by atoms with E-state index in [1.54, 1.807) is 11.3 Å². The van der Waals surface area contributed by atoms with E-state index in [1.807, 2.05) is 18.6 Å². The van der Waals surface area contributed by atoms with Gasteiger partial charge in [0.2, 0.25) is 0 Å². The lowest BCUT2D eigenvalue weighted by molar-refractivity contribution is 0.111. The molecule has 2 saturated heterocycles. The van der Waals surface area contributed by atoms with E-state index in [-0.39, 0.29) is 18.5 Å². The molecule has 0 saturated carbocycles. The number of hydrogen-bond acceptors (Lipinski definition) is 6. The topological polar surface area (TPSA) is 55.2 Å². The van der Waals surface area contributed by atoms with Crippen LogP contribution < -0.4 is 5.32 Å². The van der Waals surface area contributed by atoms with Gasteiger partial charge in [-0.05, 0) is 12.8 Å². The number of thiazole rings is 1. The maximum Gasteiger partial charge on any atom is 0.127 e. The average molecular weight is 370 g/mol. The van der Waals surface area contributed by atoms with E-state index in [9.17, 15) is 0 Å². The van der Waals surface area contributed by atoms with Crippen molar-refractivity contribution in [1.29, 1.82) is 0 Å². The van der Waals surface area contributed by atoms with E-state index in [2.05, 4.69) is 31.8 Å². The first-order chi connectivity index (χ1) is 11.3. The number of ether oxygens (including phenoxy) is 1. The van der Waals surface area contributed by atoms with Gasteiger partial charge in [0.25, 0.3) is 0 Å². The molecule has 0 aromatic carbocycles. The number of nitrogens with one attached hydrogen (secondary N) is 1. The summed E-state index contributed by atoms with van der Waals surface area (Å²) < 4.78 is 7.87. The van der Waals surface area contributed by atoms with Crippen LogP contribution in [0.15, 0.2) is 18.6 Å². The number of aromatic nitrogens is 3. The zero-order valence-electron chi connectivity index (χ0n) is 13.9. The van der Waals surface area contributed by atoms with Crippen molar-refractivity contribution in [2.24, 2.45) is 7.05 Å². The monoisotopic (exact) mass is 369 g/mol. The van der Waals surface area contributed by atoms with Gasteiger partial charge >= 0.3 is 0 Å². The van der Waals surface area contributed by atoms with Crippen LogP contribution in [-0.2, 0) is 18.3 Å². The fourth-order valence-corrected chi connectivity index (χ4v) is 4.43. The zero-order chi connectivity index (χ0) is 15.6. The minimum Gasteiger partial charge on any atom is -0.371 e. The Labute approximate surface area is 152 Å². The molecule has 4 rings (SSSR count). The van der Waals surface area contributed by atoms with Crippen molar-refractivity contribution in [2.45, 2.75) is 31.5 Å². The molecule has 0 radical (unpaired) electrons. The van der Waals surface area contributed by atoms with E-state index in [0.29, 0.717) is 6.04 Å². The number of rotatable bonds is 4. The minimum atomic E-state index is 0. The van der Waals surface area contributed by atoms with Crippen LogP contribution in [0.3, 0.4) is 0 Å². The van der Waals surface area contributed by atoms with Gasteiger partial charge in [0.1, 0.15) is 16.9 Å². The molecule has 2 aliphatic rings. The van der Waals surface area contributed by atoms with Crippen LogP contribution >= 0.6 is 23.7 Å². The Hall–Kier alpha value is -0.990. The molecule has 2 unspecified atom stereocenters. The molecule has 6 nitrogen and oxygen atoms in total. The van der Waals surface area contributed by atoms with Gasteiger partial charge in [-0.3, -0.25) is 4.90 Å². The van der Waals surface area contributed by atoms with Crippen LogP contribution in [0.25, 0.3) is 0 Å². The number of nitrogens with zero attached hydrogens (tertiary/aromatic N) is 4. The van der Waals surface area contributed by atoms with Crippen molar-refractivity contribution in [3.05, 3.63) is 34.3 Å². The summed E-state index contributed by atoms with van der Waals surface area (Å²) in [4.78, 5) is 13.0. The van der Waals surface area contributed by atoms with E-state index in [0.717, 1.165) is 56.5 Å². The summed E-state index contributed by atoms with van der Waals surface area (Å²) in [7, 11) is 2.07. The van der Waals surface area contributed by atoms with E-state index < -0.39 is 0 Å². The first-order valence-electron chi connectivity index (χ1n) is 8.29. The highest BCUT2D eigenvalue weighted by atomic mass is 35.5. The predicted octanol–water partition coefficient (Wildman–Crippen LogP) is 2.30. The van der Waals surface area contributed by atoms with E-state index >= 15 is 0 Å². The summed E-state index contributed by atoms with van der Waals surface area (Å²) in [6.07, 6.45) is 8.41. The van der Waals surface area contributed by atoms with Gasteiger partial charge in [-0.1, -0.05) is 0 Å². The van der Waals surface area contributed by atoms with Crippen molar-refractivity contribution in [3.63, 3.8) is 0 Å². The molecule has 0 aliphatic carbocycles. The van der Waals surface area contributed by atoms with Crippen LogP contribution in [0.2, 0.25) is 0 Å². The van der Waals surface area contributed by atoms with Gasteiger partial charge in [-0.2, -0.15) is 0 Å². The van der Waals surface area contributed by atoms with Crippen LogP contribution in [0.1, 0.15) is 40.7 Å². The third-order valence-corrected chi connectivity index (χ3v) is 5.72. The van der Waals surface area contributed by atoms with Crippen LogP contribution in [-0.4, -0.2) is 45.7 Å². The summed E-state index contributed by atoms with van der Waals surface area (Å²) in [6, 6.07) is 0.317. The average Bonchev–Trinajstić information content (AvgIpc) is 3.29. The second-order valence-corrected chi connectivity index (χ2v) is 7.40. The third kappa shape index (κ3) is 3.65. The molecule has 0 amide bonds. The second kappa shape index (κ2) is 7.93. The van der Waals surface area contributed by atoms with Gasteiger partial charge in [0, 0.05) is 63.3 Å². The highest BCUT2D eigenvalue weighted by Gasteiger charge is 2.28. The maximum atomic E-state index is 5.75. The summed E-state index contributed by atoms with van der Waals surface area (Å²) >= 11 is 1.80. The molecule has 0 spiro atoms. The van der Waals surface area contributed by atoms with Gasteiger partial charge in [-0.25, -0.2) is 9.97 Å². The Morgan fingerprint density at radius 3 is 3.08 bits per heavy atom. The van der Waals surface area contributed by atoms with Gasteiger partial charge in [0.05, 0.1) is 6.04 Å². The maximum absolute atomic E-state index is 5.75. The Kier molecular flexibility index (Phi) is 5.89. The molecule has 0 bridgehead atoms. The molecule has 2 fully saturated rings. The first kappa shape index (κ1) is 17.8. The Morgan fingerprint density at radius 1 is 1.42 bits per heavy atom. The fourth-order valence-electron chi connectivity index (χ4n) is 3.41. The lowest BCUT2D eigenvalue weighted by Crippen LogP contribution is -2.46. The highest BCUT2D eigenvalue weighted by molar-refractivity contribution is 7.11. The Bertz CT molecular complexity index is 654. The molecule has 2 aromatic rings. The normalized spacial score (nSPS) is 24.9. The molecule has 132 valence electrons. The van der Waals surface area contributed by atoms with Crippen molar-refractivity contribution >= 4 is 23.7 Å². The summed E-state index contributed by atoms with van der Waals surface area (Å²) in [6.45, 7) is 4.81. The lowest BCUT2D eigenvalue weighted by atomic mass is 10.1. The van der Waals surface area contributed by atoms with Crippen LogP contribution in [0.4, 0.5) is 0 Å². The molecule has 4 heterocycles. The van der Waals surface area contributed by atoms with E-state index in [4.69, 9.17) is 4.74 Å². The SMILES string of the molecule is Cl.Cn1ccnc1C1CNCCN1Cc1cnc(C2CCCO2)s1. The number of halogens is 1. The fraction of sp³-hybridized carbons (Fsp3) is 0.625. The number of piperazine rings is 1. The van der Waals surface area contributed by atoms with Crippen molar-refractivity contribution in [2.75, 3.05) is 26.2 Å². The van der Waals surface area contributed by atoms with Crippen LogP contribution in [0.5, 0.6) is 0 Å². The summed E-state index contributed by atoms with van der Waals surface area (Å²) in [5.74, 6) is 1.13. The standard InChI is InChI=1S/C16H23N5OS.ClH/c1-20-6-5-18-15(20)13-10-17-4-7-21(13)11-12-9-19-16(23-12)14-3-2-8-22-14;/h5-6,9,13-14,17H,2-4,7-8,10-11H2,1H3;1H. The number of imidazole rings is 1. The molecular weight excluding hydrogens is 346 g/mol. The molecule has 8 heteroatoms. The third-order valence-electron chi connectivity index (χ3n) is 4.65. The second-order valence-electron chi connectivity index (χ2n) is 6.25. The Balaban J connectivity index is 0.00000169. The highest BCUT2D eigenvalue weighted by Crippen LogP contribution is 2.32. The Morgan fingerprint density at radius 2 is 2.33 bits per heavy atom. The number of aryl methyl sites for hydroxylation is 1. The molecule has 1 N–H and O–H groups in total. The molecule has 24 heavy (non-hydrogen) atoms. The van der Waals surface area contributed by atoms with Crippen molar-refractivity contribution in [1.82, 2.24) is 24.8 Å². The lowest BCUT2D eigenvalue weighted by Gasteiger charge is -2.35. The summed E-state index contributed by atoms with van der Waals surface area (Å²) in [5, 5.41) is 4.63. The van der Waals surface area contributed by atoms with E-state index in [1.165, 1.54) is 4.88 Å². The smallest absolute Gasteiger partial charge is 0.127 e. The molecule has 2 aliphatic heterocycles. The molecular formula is C16H24ClN5OS. The van der Waals surface area contributed by atoms with Gasteiger partial charge in [0.15, 0.2) is 0 Å².